The van der Waals surface area contributed by atoms with Gasteiger partial charge in [0.25, 0.3) is 0 Å². The molecular formula is C11H8FNO3. The Morgan fingerprint density at radius 1 is 1.50 bits per heavy atom. The fraction of sp³-hybridized carbons (Fsp3) is 0.0909. The van der Waals surface area contributed by atoms with Crippen LogP contribution in [0.15, 0.2) is 18.2 Å². The van der Waals surface area contributed by atoms with Crippen molar-refractivity contribution in [1.29, 1.82) is 0 Å². The lowest BCUT2D eigenvalue weighted by Gasteiger charge is -1.98. The highest BCUT2D eigenvalue weighted by atomic mass is 19.1. The van der Waals surface area contributed by atoms with E-state index in [1.807, 2.05) is 0 Å². The molecular weight excluding hydrogens is 213 g/mol. The molecule has 0 atom stereocenters. The van der Waals surface area contributed by atoms with Crippen LogP contribution in [0.4, 0.5) is 4.39 Å². The van der Waals surface area contributed by atoms with Crippen molar-refractivity contribution in [3.63, 3.8) is 0 Å². The summed E-state index contributed by atoms with van der Waals surface area (Å²) in [5.41, 5.74) is 0.333. The van der Waals surface area contributed by atoms with Crippen LogP contribution >= 0.6 is 0 Å². The largest absolute Gasteiger partial charge is 0.477 e. The predicted molar refractivity (Wildman–Crippen MR) is 55.2 cm³/mol. The molecule has 0 amide bonds. The second-order valence-corrected chi connectivity index (χ2v) is 3.41. The highest BCUT2D eigenvalue weighted by molar-refractivity contribution is 6.08. The first kappa shape index (κ1) is 10.4. The van der Waals surface area contributed by atoms with E-state index in [2.05, 4.69) is 0 Å². The molecule has 0 bridgehead atoms. The van der Waals surface area contributed by atoms with E-state index >= 15 is 0 Å². The number of rotatable bonds is 2. The first-order valence-corrected chi connectivity index (χ1v) is 4.52. The maximum Gasteiger partial charge on any atom is 0.353 e. The van der Waals surface area contributed by atoms with E-state index in [4.69, 9.17) is 5.11 Å². The molecule has 1 aromatic carbocycles. The molecule has 82 valence electrons. The first-order chi connectivity index (χ1) is 7.56. The molecule has 2 aromatic rings. The number of carboxylic acids is 1. The average molecular weight is 221 g/mol. The number of carbonyl (C=O) groups is 2. The van der Waals surface area contributed by atoms with E-state index in [0.29, 0.717) is 17.2 Å². The van der Waals surface area contributed by atoms with Crippen LogP contribution in [0, 0.1) is 5.82 Å². The van der Waals surface area contributed by atoms with Crippen molar-refractivity contribution in [1.82, 2.24) is 4.57 Å². The van der Waals surface area contributed by atoms with Crippen LogP contribution in [0.1, 0.15) is 20.8 Å². The monoisotopic (exact) mass is 221 g/mol. The number of hydrogen-bond donors (Lipinski definition) is 1. The standard InChI is InChI=1S/C11H8FNO3/c1-13-9-4-6(12)2-3-7(9)8(5-14)10(13)11(15)16/h2-5H,1H3,(H,15,16). The van der Waals surface area contributed by atoms with Gasteiger partial charge < -0.3 is 9.67 Å². The predicted octanol–water partition coefficient (Wildman–Crippen LogP) is 1.83. The zero-order chi connectivity index (χ0) is 11.9. The Morgan fingerprint density at radius 3 is 2.75 bits per heavy atom. The van der Waals surface area contributed by atoms with E-state index in [0.717, 1.165) is 0 Å². The summed E-state index contributed by atoms with van der Waals surface area (Å²) >= 11 is 0. The van der Waals surface area contributed by atoms with Gasteiger partial charge in [0, 0.05) is 12.4 Å². The number of benzene rings is 1. The van der Waals surface area contributed by atoms with Crippen molar-refractivity contribution in [3.05, 3.63) is 35.3 Å². The quantitative estimate of drug-likeness (QED) is 0.787. The van der Waals surface area contributed by atoms with E-state index < -0.39 is 11.8 Å². The number of aldehydes is 1. The number of aromatic nitrogens is 1. The lowest BCUT2D eigenvalue weighted by atomic mass is 10.1. The maximum atomic E-state index is 13.0. The van der Waals surface area contributed by atoms with Gasteiger partial charge in [-0.25, -0.2) is 9.18 Å². The van der Waals surface area contributed by atoms with Crippen LogP contribution in [0.2, 0.25) is 0 Å². The molecule has 0 saturated carbocycles. The van der Waals surface area contributed by atoms with Crippen LogP contribution in [0.5, 0.6) is 0 Å². The van der Waals surface area contributed by atoms with Gasteiger partial charge in [-0.15, -0.1) is 0 Å². The zero-order valence-electron chi connectivity index (χ0n) is 8.40. The Labute approximate surface area is 89.9 Å². The number of carbonyl (C=O) groups excluding carboxylic acids is 1. The summed E-state index contributed by atoms with van der Waals surface area (Å²) in [4.78, 5) is 21.9. The van der Waals surface area contributed by atoms with Gasteiger partial charge in [0.15, 0.2) is 6.29 Å². The summed E-state index contributed by atoms with van der Waals surface area (Å²) in [6.07, 6.45) is 0.476. The Hall–Kier alpha value is -2.17. The second-order valence-electron chi connectivity index (χ2n) is 3.41. The number of halogens is 1. The molecule has 1 aromatic heterocycles. The topological polar surface area (TPSA) is 59.3 Å². The number of nitrogens with zero attached hydrogens (tertiary/aromatic N) is 1. The molecule has 4 nitrogen and oxygen atoms in total. The molecule has 2 rings (SSSR count). The zero-order valence-corrected chi connectivity index (χ0v) is 8.40. The molecule has 1 N–H and O–H groups in total. The molecule has 0 aliphatic heterocycles. The molecule has 0 spiro atoms. The Morgan fingerprint density at radius 2 is 2.19 bits per heavy atom. The molecule has 0 aliphatic carbocycles. The smallest absolute Gasteiger partial charge is 0.353 e. The molecule has 0 fully saturated rings. The molecule has 0 radical (unpaired) electrons. The summed E-state index contributed by atoms with van der Waals surface area (Å²) in [5, 5.41) is 9.42. The van der Waals surface area contributed by atoms with Gasteiger partial charge in [0.1, 0.15) is 11.5 Å². The molecule has 0 saturated heterocycles. The van der Waals surface area contributed by atoms with Crippen molar-refractivity contribution in [2.24, 2.45) is 7.05 Å². The number of fused-ring (bicyclic) bond motifs is 1. The average Bonchev–Trinajstić information content (AvgIpc) is 2.51. The van der Waals surface area contributed by atoms with Gasteiger partial charge in [-0.1, -0.05) is 0 Å². The van der Waals surface area contributed by atoms with Crippen molar-refractivity contribution in [2.45, 2.75) is 0 Å². The van der Waals surface area contributed by atoms with Crippen molar-refractivity contribution in [2.75, 3.05) is 0 Å². The second kappa shape index (κ2) is 3.44. The van der Waals surface area contributed by atoms with Crippen molar-refractivity contribution >= 4 is 23.2 Å². The van der Waals surface area contributed by atoms with Crippen molar-refractivity contribution < 1.29 is 19.1 Å². The Bertz CT molecular complexity index is 601. The first-order valence-electron chi connectivity index (χ1n) is 4.52. The highest BCUT2D eigenvalue weighted by Crippen LogP contribution is 2.24. The summed E-state index contributed by atoms with van der Waals surface area (Å²) in [6, 6.07) is 3.80. The fourth-order valence-electron chi connectivity index (χ4n) is 1.82. The Kier molecular flexibility index (Phi) is 2.23. The summed E-state index contributed by atoms with van der Waals surface area (Å²) in [7, 11) is 1.48. The summed E-state index contributed by atoms with van der Waals surface area (Å²) < 4.78 is 14.3. The molecule has 5 heteroatoms. The van der Waals surface area contributed by atoms with Crippen molar-refractivity contribution in [3.8, 4) is 0 Å². The lowest BCUT2D eigenvalue weighted by molar-refractivity contribution is 0.0684. The minimum atomic E-state index is -1.21. The Balaban J connectivity index is 2.96. The lowest BCUT2D eigenvalue weighted by Crippen LogP contribution is -2.06. The molecule has 0 aliphatic rings. The van der Waals surface area contributed by atoms with Crippen LogP contribution in [-0.4, -0.2) is 21.9 Å². The number of aromatic carboxylic acids is 1. The van der Waals surface area contributed by atoms with Gasteiger partial charge >= 0.3 is 5.97 Å². The van der Waals surface area contributed by atoms with E-state index in [-0.39, 0.29) is 11.3 Å². The minimum Gasteiger partial charge on any atom is -0.477 e. The minimum absolute atomic E-state index is 0.0741. The van der Waals surface area contributed by atoms with Crippen LogP contribution in [0.3, 0.4) is 0 Å². The maximum absolute atomic E-state index is 13.0. The summed E-state index contributed by atoms with van der Waals surface area (Å²) in [6.45, 7) is 0. The van der Waals surface area contributed by atoms with Crippen LogP contribution in [-0.2, 0) is 7.05 Å². The van der Waals surface area contributed by atoms with Gasteiger partial charge in [0.05, 0.1) is 11.1 Å². The van der Waals surface area contributed by atoms with Gasteiger partial charge in [0.2, 0.25) is 0 Å². The SMILES string of the molecule is Cn1c(C(=O)O)c(C=O)c2ccc(F)cc21. The third kappa shape index (κ3) is 1.29. The van der Waals surface area contributed by atoms with Crippen LogP contribution in [0.25, 0.3) is 10.9 Å². The third-order valence-corrected chi connectivity index (χ3v) is 2.52. The molecule has 0 unspecified atom stereocenters. The number of aryl methyl sites for hydroxylation is 1. The summed E-state index contributed by atoms with van der Waals surface area (Å²) in [5.74, 6) is -1.68. The number of carboxylic acid groups (broad SMARTS) is 1. The molecule has 1 heterocycles. The van der Waals surface area contributed by atoms with Gasteiger partial charge in [-0.05, 0) is 18.2 Å². The highest BCUT2D eigenvalue weighted by Gasteiger charge is 2.20. The van der Waals surface area contributed by atoms with E-state index in [9.17, 15) is 14.0 Å². The van der Waals surface area contributed by atoms with Gasteiger partial charge in [-0.2, -0.15) is 0 Å². The normalized spacial score (nSPS) is 10.6. The number of hydrogen-bond acceptors (Lipinski definition) is 2. The molecule has 16 heavy (non-hydrogen) atoms. The third-order valence-electron chi connectivity index (χ3n) is 2.52. The van der Waals surface area contributed by atoms with E-state index in [1.165, 1.54) is 29.8 Å². The fourth-order valence-corrected chi connectivity index (χ4v) is 1.82. The van der Waals surface area contributed by atoms with E-state index in [1.54, 1.807) is 0 Å². The van der Waals surface area contributed by atoms with Gasteiger partial charge in [-0.3, -0.25) is 4.79 Å². The van der Waals surface area contributed by atoms with Crippen LogP contribution < -0.4 is 0 Å².